The number of nitrogens with one attached hydrogen (secondary N) is 1. The molecule has 1 N–H and O–H groups in total. The molecule has 4 aromatic rings. The molecule has 0 aliphatic heterocycles. The van der Waals surface area contributed by atoms with Gasteiger partial charge in [0.1, 0.15) is 23.5 Å². The van der Waals surface area contributed by atoms with Crippen LogP contribution in [0.2, 0.25) is 0 Å². The molecule has 0 aliphatic carbocycles. The number of nitriles is 1. The van der Waals surface area contributed by atoms with Gasteiger partial charge in [-0.15, -0.1) is 0 Å². The van der Waals surface area contributed by atoms with Crippen LogP contribution in [0.4, 0.5) is 5.82 Å². The summed E-state index contributed by atoms with van der Waals surface area (Å²) in [5.74, 6) is 1.53. The third-order valence-electron chi connectivity index (χ3n) is 4.09. The third kappa shape index (κ3) is 2.78. The quantitative estimate of drug-likeness (QED) is 0.599. The normalized spacial score (nSPS) is 12.3. The van der Waals surface area contributed by atoms with E-state index in [1.165, 1.54) is 6.33 Å². The van der Waals surface area contributed by atoms with Gasteiger partial charge in [-0.1, -0.05) is 18.2 Å². The highest BCUT2D eigenvalue weighted by Gasteiger charge is 2.15. The Balaban J connectivity index is 1.63. The lowest BCUT2D eigenvalue weighted by Gasteiger charge is -2.12. The highest BCUT2D eigenvalue weighted by molar-refractivity contribution is 5.86. The Morgan fingerprint density at radius 3 is 3.04 bits per heavy atom. The fourth-order valence-electron chi connectivity index (χ4n) is 2.82. The van der Waals surface area contributed by atoms with Gasteiger partial charge in [-0.25, -0.2) is 14.6 Å². The molecule has 1 unspecified atom stereocenters. The number of anilines is 1. The average Bonchev–Trinajstić information content (AvgIpc) is 3.24. The summed E-state index contributed by atoms with van der Waals surface area (Å²) in [5.41, 5.74) is 1.58. The smallest absolute Gasteiger partial charge is 0.163 e. The molecule has 0 radical (unpaired) electrons. The molecule has 3 heterocycles. The van der Waals surface area contributed by atoms with E-state index in [1.54, 1.807) is 10.9 Å². The predicted molar refractivity (Wildman–Crippen MR) is 93.8 cm³/mol. The van der Waals surface area contributed by atoms with Crippen LogP contribution in [0.15, 0.2) is 47.3 Å². The van der Waals surface area contributed by atoms with Gasteiger partial charge < -0.3 is 9.73 Å². The minimum Gasteiger partial charge on any atom is -0.459 e. The molecular formula is C18H16N6O. The van der Waals surface area contributed by atoms with Crippen LogP contribution in [0.3, 0.4) is 0 Å². The summed E-state index contributed by atoms with van der Waals surface area (Å²) in [6, 6.07) is 12.0. The zero-order chi connectivity index (χ0) is 17.2. The number of aryl methyl sites for hydroxylation is 1. The van der Waals surface area contributed by atoms with Crippen molar-refractivity contribution in [1.29, 1.82) is 5.26 Å². The number of nitrogens with zero attached hydrogens (tertiary/aromatic N) is 5. The molecule has 0 fully saturated rings. The minimum atomic E-state index is -0.0621. The van der Waals surface area contributed by atoms with Crippen molar-refractivity contribution in [3.05, 3.63) is 48.6 Å². The van der Waals surface area contributed by atoms with Gasteiger partial charge in [0.05, 0.1) is 36.7 Å². The Hall–Kier alpha value is -3.40. The van der Waals surface area contributed by atoms with Gasteiger partial charge in [0, 0.05) is 5.39 Å². The molecule has 0 amide bonds. The minimum absolute atomic E-state index is 0.0621. The highest BCUT2D eigenvalue weighted by Crippen LogP contribution is 2.27. The number of benzene rings is 1. The standard InChI is InChI=1S/C18H16N6O/c1-12(16-9-13-5-2-3-6-15(13)25-16)23-17-14-10-22-24(8-4-7-19)18(14)21-11-20-17/h2-3,5-6,9-12H,4,8H2,1H3,(H,20,21,23). The van der Waals surface area contributed by atoms with Gasteiger partial charge in [0.15, 0.2) is 5.65 Å². The maximum atomic E-state index is 8.75. The van der Waals surface area contributed by atoms with Crippen LogP contribution in [0.25, 0.3) is 22.0 Å². The Morgan fingerprint density at radius 1 is 1.32 bits per heavy atom. The van der Waals surface area contributed by atoms with E-state index in [0.717, 1.165) is 22.1 Å². The lowest BCUT2D eigenvalue weighted by molar-refractivity contribution is 0.526. The molecule has 0 bridgehead atoms. The van der Waals surface area contributed by atoms with E-state index in [2.05, 4.69) is 26.5 Å². The summed E-state index contributed by atoms with van der Waals surface area (Å²) in [6.07, 6.45) is 3.61. The number of rotatable bonds is 5. The topological polar surface area (TPSA) is 92.6 Å². The van der Waals surface area contributed by atoms with Crippen molar-refractivity contribution >= 4 is 27.8 Å². The number of fused-ring (bicyclic) bond motifs is 2. The summed E-state index contributed by atoms with van der Waals surface area (Å²) in [4.78, 5) is 8.62. The van der Waals surface area contributed by atoms with Crippen LogP contribution >= 0.6 is 0 Å². The van der Waals surface area contributed by atoms with E-state index in [9.17, 15) is 0 Å². The van der Waals surface area contributed by atoms with E-state index >= 15 is 0 Å². The van der Waals surface area contributed by atoms with E-state index in [-0.39, 0.29) is 6.04 Å². The first-order valence-electron chi connectivity index (χ1n) is 8.05. The van der Waals surface area contributed by atoms with E-state index in [4.69, 9.17) is 9.68 Å². The Kier molecular flexibility index (Phi) is 3.78. The molecule has 0 saturated carbocycles. The Bertz CT molecular complexity index is 1040. The molecule has 3 aromatic heterocycles. The number of hydrogen-bond acceptors (Lipinski definition) is 6. The average molecular weight is 332 g/mol. The summed E-state index contributed by atoms with van der Waals surface area (Å²) >= 11 is 0. The first kappa shape index (κ1) is 15.1. The molecule has 7 heteroatoms. The molecule has 25 heavy (non-hydrogen) atoms. The van der Waals surface area contributed by atoms with Crippen LogP contribution in [-0.2, 0) is 6.54 Å². The van der Waals surface area contributed by atoms with Crippen LogP contribution in [0.5, 0.6) is 0 Å². The van der Waals surface area contributed by atoms with Crippen molar-refractivity contribution in [2.45, 2.75) is 25.9 Å². The molecule has 0 aliphatic rings. The molecule has 124 valence electrons. The zero-order valence-corrected chi connectivity index (χ0v) is 13.7. The van der Waals surface area contributed by atoms with Gasteiger partial charge in [-0.3, -0.25) is 0 Å². The van der Waals surface area contributed by atoms with E-state index < -0.39 is 0 Å². The number of hydrogen-bond donors (Lipinski definition) is 1. The Labute approximate surface area is 143 Å². The fourth-order valence-corrected chi connectivity index (χ4v) is 2.82. The van der Waals surface area contributed by atoms with Crippen molar-refractivity contribution in [3.8, 4) is 6.07 Å². The second kappa shape index (κ2) is 6.24. The highest BCUT2D eigenvalue weighted by atomic mass is 16.3. The van der Waals surface area contributed by atoms with Crippen molar-refractivity contribution in [2.75, 3.05) is 5.32 Å². The zero-order valence-electron chi connectivity index (χ0n) is 13.7. The monoisotopic (exact) mass is 332 g/mol. The molecule has 1 atom stereocenters. The van der Waals surface area contributed by atoms with Crippen LogP contribution in [-0.4, -0.2) is 19.7 Å². The molecule has 0 saturated heterocycles. The number of para-hydroxylation sites is 1. The third-order valence-corrected chi connectivity index (χ3v) is 4.09. The maximum absolute atomic E-state index is 8.75. The van der Waals surface area contributed by atoms with Gasteiger partial charge in [-0.05, 0) is 19.1 Å². The van der Waals surface area contributed by atoms with Crippen molar-refractivity contribution < 1.29 is 4.42 Å². The van der Waals surface area contributed by atoms with Crippen LogP contribution in [0.1, 0.15) is 25.1 Å². The van der Waals surface area contributed by atoms with Crippen molar-refractivity contribution in [1.82, 2.24) is 19.7 Å². The second-order valence-corrected chi connectivity index (χ2v) is 5.79. The summed E-state index contributed by atoms with van der Waals surface area (Å²) < 4.78 is 7.63. The fraction of sp³-hybridized carbons (Fsp3) is 0.222. The first-order chi connectivity index (χ1) is 12.3. The summed E-state index contributed by atoms with van der Waals surface area (Å²) in [5, 5.41) is 18.3. The summed E-state index contributed by atoms with van der Waals surface area (Å²) in [6.45, 7) is 2.53. The molecule has 4 rings (SSSR count). The van der Waals surface area contributed by atoms with E-state index in [0.29, 0.717) is 24.4 Å². The number of furan rings is 1. The molecule has 7 nitrogen and oxygen atoms in total. The van der Waals surface area contributed by atoms with Gasteiger partial charge in [-0.2, -0.15) is 10.4 Å². The Morgan fingerprint density at radius 2 is 2.20 bits per heavy atom. The number of aromatic nitrogens is 4. The largest absolute Gasteiger partial charge is 0.459 e. The summed E-state index contributed by atoms with van der Waals surface area (Å²) in [7, 11) is 0. The molecular weight excluding hydrogens is 316 g/mol. The lowest BCUT2D eigenvalue weighted by Crippen LogP contribution is -2.08. The van der Waals surface area contributed by atoms with E-state index in [1.807, 2.05) is 37.3 Å². The lowest BCUT2D eigenvalue weighted by atomic mass is 10.2. The van der Waals surface area contributed by atoms with Crippen molar-refractivity contribution in [2.24, 2.45) is 0 Å². The van der Waals surface area contributed by atoms with Gasteiger partial charge in [0.2, 0.25) is 0 Å². The van der Waals surface area contributed by atoms with Crippen LogP contribution < -0.4 is 5.32 Å². The predicted octanol–water partition coefficient (Wildman–Crippen LogP) is 3.66. The van der Waals surface area contributed by atoms with Crippen LogP contribution in [0, 0.1) is 11.3 Å². The maximum Gasteiger partial charge on any atom is 0.163 e. The molecule has 1 aromatic carbocycles. The van der Waals surface area contributed by atoms with Crippen molar-refractivity contribution in [3.63, 3.8) is 0 Å². The first-order valence-corrected chi connectivity index (χ1v) is 8.05. The van der Waals surface area contributed by atoms with Gasteiger partial charge >= 0.3 is 0 Å². The second-order valence-electron chi connectivity index (χ2n) is 5.79. The molecule has 0 spiro atoms. The van der Waals surface area contributed by atoms with Gasteiger partial charge in [0.25, 0.3) is 0 Å². The SMILES string of the molecule is CC(Nc1ncnc2c1cnn2CCC#N)c1cc2ccccc2o1.